The highest BCUT2D eigenvalue weighted by molar-refractivity contribution is 5.94. The Hall–Kier alpha value is -2.63. The molecule has 2 aromatic rings. The van der Waals surface area contributed by atoms with Crippen molar-refractivity contribution in [3.8, 4) is 0 Å². The topological polar surface area (TPSA) is 76.0 Å². The first-order valence-corrected chi connectivity index (χ1v) is 7.92. The predicted molar refractivity (Wildman–Crippen MR) is 93.6 cm³/mol. The van der Waals surface area contributed by atoms with E-state index in [1.165, 1.54) is 0 Å². The van der Waals surface area contributed by atoms with Crippen molar-refractivity contribution in [3.05, 3.63) is 47.7 Å². The van der Waals surface area contributed by atoms with Gasteiger partial charge in [-0.1, -0.05) is 51.1 Å². The molecule has 0 atom stereocenters. The van der Waals surface area contributed by atoms with E-state index in [4.69, 9.17) is 0 Å². The molecule has 128 valence electrons. The summed E-state index contributed by atoms with van der Waals surface area (Å²) >= 11 is 0. The van der Waals surface area contributed by atoms with Crippen LogP contribution in [0.5, 0.6) is 0 Å². The summed E-state index contributed by atoms with van der Waals surface area (Å²) in [6.07, 6.45) is 0. The highest BCUT2D eigenvalue weighted by atomic mass is 16.2. The first-order chi connectivity index (χ1) is 11.3. The molecule has 0 bridgehead atoms. The Bertz CT molecular complexity index is 714. The van der Waals surface area contributed by atoms with Gasteiger partial charge in [0.1, 0.15) is 5.82 Å². The molecule has 0 aliphatic carbocycles. The molecule has 0 saturated heterocycles. The fourth-order valence-electron chi connectivity index (χ4n) is 2.14. The number of nitrogens with one attached hydrogen (secondary N) is 2. The average Bonchev–Trinajstić information content (AvgIpc) is 2.84. The van der Waals surface area contributed by atoms with E-state index in [0.717, 1.165) is 11.3 Å². The Morgan fingerprint density at radius 1 is 1.17 bits per heavy atom. The number of anilines is 1. The van der Waals surface area contributed by atoms with Gasteiger partial charge in [0, 0.05) is 11.5 Å². The SMILES string of the molecule is Cc1cc(NC(=O)CNC(=O)C(C)(C)C)n(Cc2ccccc2)n1. The van der Waals surface area contributed by atoms with Crippen molar-refractivity contribution in [3.63, 3.8) is 0 Å². The van der Waals surface area contributed by atoms with Crippen LogP contribution in [-0.2, 0) is 16.1 Å². The Balaban J connectivity index is 1.99. The van der Waals surface area contributed by atoms with Crippen LogP contribution in [0.4, 0.5) is 5.82 Å². The lowest BCUT2D eigenvalue weighted by Crippen LogP contribution is -2.39. The monoisotopic (exact) mass is 328 g/mol. The largest absolute Gasteiger partial charge is 0.347 e. The van der Waals surface area contributed by atoms with Crippen LogP contribution >= 0.6 is 0 Å². The number of aryl methyl sites for hydroxylation is 1. The highest BCUT2D eigenvalue weighted by Crippen LogP contribution is 2.14. The number of amides is 2. The van der Waals surface area contributed by atoms with Gasteiger partial charge in [-0.3, -0.25) is 9.59 Å². The van der Waals surface area contributed by atoms with Gasteiger partial charge in [0.05, 0.1) is 18.8 Å². The van der Waals surface area contributed by atoms with Gasteiger partial charge >= 0.3 is 0 Å². The molecule has 2 rings (SSSR count). The number of hydrogen-bond acceptors (Lipinski definition) is 3. The van der Waals surface area contributed by atoms with E-state index < -0.39 is 5.41 Å². The molecule has 24 heavy (non-hydrogen) atoms. The van der Waals surface area contributed by atoms with E-state index in [9.17, 15) is 9.59 Å². The van der Waals surface area contributed by atoms with Gasteiger partial charge in [0.15, 0.2) is 0 Å². The first-order valence-electron chi connectivity index (χ1n) is 7.92. The van der Waals surface area contributed by atoms with Gasteiger partial charge in [0.25, 0.3) is 0 Å². The van der Waals surface area contributed by atoms with E-state index in [1.807, 2.05) is 43.3 Å². The Morgan fingerprint density at radius 3 is 2.46 bits per heavy atom. The molecule has 6 heteroatoms. The summed E-state index contributed by atoms with van der Waals surface area (Å²) in [6, 6.07) is 11.7. The van der Waals surface area contributed by atoms with Gasteiger partial charge in [-0.05, 0) is 12.5 Å². The summed E-state index contributed by atoms with van der Waals surface area (Å²) in [7, 11) is 0. The number of hydrogen-bond donors (Lipinski definition) is 2. The van der Waals surface area contributed by atoms with Crippen LogP contribution in [0.1, 0.15) is 32.0 Å². The van der Waals surface area contributed by atoms with E-state index in [1.54, 1.807) is 25.5 Å². The maximum Gasteiger partial charge on any atom is 0.244 e. The molecule has 1 aromatic carbocycles. The van der Waals surface area contributed by atoms with Gasteiger partial charge in [-0.15, -0.1) is 0 Å². The average molecular weight is 328 g/mol. The summed E-state index contributed by atoms with van der Waals surface area (Å²) in [5, 5.41) is 9.85. The smallest absolute Gasteiger partial charge is 0.244 e. The van der Waals surface area contributed by atoms with Crippen LogP contribution in [-0.4, -0.2) is 28.1 Å². The van der Waals surface area contributed by atoms with E-state index in [-0.39, 0.29) is 18.4 Å². The lowest BCUT2D eigenvalue weighted by Gasteiger charge is -2.17. The van der Waals surface area contributed by atoms with Crippen LogP contribution in [0.2, 0.25) is 0 Å². The second-order valence-electron chi connectivity index (χ2n) is 6.80. The van der Waals surface area contributed by atoms with Gasteiger partial charge < -0.3 is 10.6 Å². The zero-order valence-corrected chi connectivity index (χ0v) is 14.6. The zero-order chi connectivity index (χ0) is 17.7. The van der Waals surface area contributed by atoms with Gasteiger partial charge in [0.2, 0.25) is 11.8 Å². The number of carbonyl (C=O) groups is 2. The number of nitrogens with zero attached hydrogens (tertiary/aromatic N) is 2. The molecule has 0 saturated carbocycles. The third kappa shape index (κ3) is 4.94. The molecule has 0 aliphatic rings. The molecule has 0 aliphatic heterocycles. The van der Waals surface area contributed by atoms with Crippen molar-refractivity contribution in [1.29, 1.82) is 0 Å². The maximum atomic E-state index is 12.1. The first kappa shape index (κ1) is 17.7. The molecule has 6 nitrogen and oxygen atoms in total. The minimum atomic E-state index is -0.522. The van der Waals surface area contributed by atoms with Crippen LogP contribution in [0.25, 0.3) is 0 Å². The third-order valence-corrected chi connectivity index (χ3v) is 3.44. The van der Waals surface area contributed by atoms with Crippen LogP contribution in [0.3, 0.4) is 0 Å². The lowest BCUT2D eigenvalue weighted by molar-refractivity contribution is -0.130. The fourth-order valence-corrected chi connectivity index (χ4v) is 2.14. The molecule has 2 amide bonds. The second-order valence-corrected chi connectivity index (χ2v) is 6.80. The van der Waals surface area contributed by atoms with Crippen molar-refractivity contribution in [2.75, 3.05) is 11.9 Å². The van der Waals surface area contributed by atoms with Crippen molar-refractivity contribution < 1.29 is 9.59 Å². The minimum absolute atomic E-state index is 0.0638. The Kier molecular flexibility index (Phi) is 5.39. The molecule has 1 aromatic heterocycles. The van der Waals surface area contributed by atoms with Crippen molar-refractivity contribution in [2.24, 2.45) is 5.41 Å². The van der Waals surface area contributed by atoms with Gasteiger partial charge in [-0.25, -0.2) is 4.68 Å². The van der Waals surface area contributed by atoms with E-state index >= 15 is 0 Å². The highest BCUT2D eigenvalue weighted by Gasteiger charge is 2.21. The van der Waals surface area contributed by atoms with E-state index in [0.29, 0.717) is 12.4 Å². The predicted octanol–water partition coefficient (Wildman–Crippen LogP) is 2.34. The number of rotatable bonds is 5. The standard InChI is InChI=1S/C18H24N4O2/c1-13-10-15(20-16(23)11-19-17(24)18(2,3)4)22(21-13)12-14-8-6-5-7-9-14/h5-10H,11-12H2,1-4H3,(H,19,24)(H,20,23). The van der Waals surface area contributed by atoms with Gasteiger partial charge in [-0.2, -0.15) is 5.10 Å². The van der Waals surface area contributed by atoms with E-state index in [2.05, 4.69) is 15.7 Å². The fraction of sp³-hybridized carbons (Fsp3) is 0.389. The summed E-state index contributed by atoms with van der Waals surface area (Å²) in [6.45, 7) is 7.79. The number of carbonyl (C=O) groups excluding carboxylic acids is 2. The number of benzene rings is 1. The quantitative estimate of drug-likeness (QED) is 0.884. The number of aromatic nitrogens is 2. The maximum absolute atomic E-state index is 12.1. The van der Waals surface area contributed by atoms with Crippen LogP contribution in [0.15, 0.2) is 36.4 Å². The summed E-state index contributed by atoms with van der Waals surface area (Å²) in [5.74, 6) is 0.180. The van der Waals surface area contributed by atoms with Crippen molar-refractivity contribution >= 4 is 17.6 Å². The van der Waals surface area contributed by atoms with Crippen LogP contribution < -0.4 is 10.6 Å². The molecular formula is C18H24N4O2. The summed E-state index contributed by atoms with van der Waals surface area (Å²) in [5.41, 5.74) is 1.39. The molecule has 0 unspecified atom stereocenters. The Morgan fingerprint density at radius 2 is 1.83 bits per heavy atom. The summed E-state index contributed by atoms with van der Waals surface area (Å²) in [4.78, 5) is 23.9. The minimum Gasteiger partial charge on any atom is -0.347 e. The molecule has 0 spiro atoms. The molecule has 0 fully saturated rings. The zero-order valence-electron chi connectivity index (χ0n) is 14.6. The van der Waals surface area contributed by atoms with Crippen LogP contribution in [0, 0.1) is 12.3 Å². The van der Waals surface area contributed by atoms with Crippen molar-refractivity contribution in [1.82, 2.24) is 15.1 Å². The lowest BCUT2D eigenvalue weighted by atomic mass is 9.96. The molecule has 1 heterocycles. The summed E-state index contributed by atoms with van der Waals surface area (Å²) < 4.78 is 1.74. The molecule has 0 radical (unpaired) electrons. The van der Waals surface area contributed by atoms with Crippen molar-refractivity contribution in [2.45, 2.75) is 34.2 Å². The second kappa shape index (κ2) is 7.29. The Labute approximate surface area is 142 Å². The molecular weight excluding hydrogens is 304 g/mol. The third-order valence-electron chi connectivity index (χ3n) is 3.44. The molecule has 2 N–H and O–H groups in total. The normalized spacial score (nSPS) is 11.2.